The molecule has 3 N–H and O–H groups in total. The molecule has 0 atom stereocenters. The van der Waals surface area contributed by atoms with E-state index in [9.17, 15) is 0 Å². The predicted octanol–water partition coefficient (Wildman–Crippen LogP) is 3.37. The van der Waals surface area contributed by atoms with Crippen molar-refractivity contribution >= 4 is 27.2 Å². The van der Waals surface area contributed by atoms with E-state index in [0.717, 1.165) is 12.4 Å². The first-order valence-corrected chi connectivity index (χ1v) is 7.09. The van der Waals surface area contributed by atoms with Crippen LogP contribution in [0, 0.1) is 0 Å². The van der Waals surface area contributed by atoms with E-state index in [-0.39, 0.29) is 0 Å². The zero-order chi connectivity index (χ0) is 13.1. The summed E-state index contributed by atoms with van der Waals surface area (Å²) in [5, 5.41) is 6.67. The topological polar surface area (TPSA) is 50.9 Å². The van der Waals surface area contributed by atoms with Gasteiger partial charge in [0.25, 0.3) is 0 Å². The van der Waals surface area contributed by atoms with Crippen molar-refractivity contribution in [2.45, 2.75) is 13.1 Å². The fourth-order valence-corrected chi connectivity index (χ4v) is 2.93. The van der Waals surface area contributed by atoms with Crippen molar-refractivity contribution in [3.05, 3.63) is 59.1 Å². The summed E-state index contributed by atoms with van der Waals surface area (Å²) < 4.78 is 1.25. The SMILES string of the molecule is NCc1ccccc1CNc1nccc2sccc12. The number of anilines is 1. The van der Waals surface area contributed by atoms with Crippen molar-refractivity contribution in [2.24, 2.45) is 5.73 Å². The number of nitrogens with zero attached hydrogens (tertiary/aromatic N) is 1. The van der Waals surface area contributed by atoms with Crippen LogP contribution in [0.2, 0.25) is 0 Å². The standard InChI is InChI=1S/C15H15N3S/c16-9-11-3-1-2-4-12(11)10-18-15-13-6-8-19-14(13)5-7-17-15/h1-8H,9-10,16H2,(H,17,18). The van der Waals surface area contributed by atoms with E-state index >= 15 is 0 Å². The van der Waals surface area contributed by atoms with Crippen molar-refractivity contribution in [3.63, 3.8) is 0 Å². The number of hydrogen-bond acceptors (Lipinski definition) is 4. The summed E-state index contributed by atoms with van der Waals surface area (Å²) in [6, 6.07) is 12.4. The average molecular weight is 269 g/mol. The van der Waals surface area contributed by atoms with Gasteiger partial charge in [0.15, 0.2) is 0 Å². The van der Waals surface area contributed by atoms with Crippen LogP contribution in [0.1, 0.15) is 11.1 Å². The number of rotatable bonds is 4. The molecule has 0 aliphatic heterocycles. The summed E-state index contributed by atoms with van der Waals surface area (Å²) in [6.45, 7) is 1.31. The van der Waals surface area contributed by atoms with Crippen LogP contribution >= 0.6 is 11.3 Å². The van der Waals surface area contributed by atoms with E-state index < -0.39 is 0 Å². The average Bonchev–Trinajstić information content (AvgIpc) is 2.94. The van der Waals surface area contributed by atoms with Crippen molar-refractivity contribution in [1.29, 1.82) is 0 Å². The van der Waals surface area contributed by atoms with Crippen molar-refractivity contribution < 1.29 is 0 Å². The zero-order valence-corrected chi connectivity index (χ0v) is 11.3. The number of pyridine rings is 1. The van der Waals surface area contributed by atoms with Gasteiger partial charge in [0, 0.05) is 29.4 Å². The highest BCUT2D eigenvalue weighted by molar-refractivity contribution is 7.17. The lowest BCUT2D eigenvalue weighted by molar-refractivity contribution is 1.00. The van der Waals surface area contributed by atoms with Gasteiger partial charge in [-0.05, 0) is 28.6 Å². The van der Waals surface area contributed by atoms with E-state index in [1.54, 1.807) is 11.3 Å². The van der Waals surface area contributed by atoms with E-state index in [4.69, 9.17) is 5.73 Å². The van der Waals surface area contributed by atoms with Gasteiger partial charge in [0.1, 0.15) is 5.82 Å². The second-order valence-corrected chi connectivity index (χ2v) is 5.27. The highest BCUT2D eigenvalue weighted by atomic mass is 32.1. The second-order valence-electron chi connectivity index (χ2n) is 4.32. The molecule has 19 heavy (non-hydrogen) atoms. The van der Waals surface area contributed by atoms with Gasteiger partial charge in [0.2, 0.25) is 0 Å². The maximum atomic E-state index is 5.75. The van der Waals surface area contributed by atoms with Crippen LogP contribution < -0.4 is 11.1 Å². The molecule has 0 saturated carbocycles. The molecule has 0 bridgehead atoms. The van der Waals surface area contributed by atoms with E-state index in [1.807, 2.05) is 24.4 Å². The molecule has 1 aromatic carbocycles. The summed E-state index contributed by atoms with van der Waals surface area (Å²) in [6.07, 6.45) is 1.84. The maximum Gasteiger partial charge on any atom is 0.134 e. The van der Waals surface area contributed by atoms with Gasteiger partial charge in [-0.2, -0.15) is 0 Å². The van der Waals surface area contributed by atoms with Crippen LogP contribution in [0.3, 0.4) is 0 Å². The van der Waals surface area contributed by atoms with E-state index in [2.05, 4.69) is 33.9 Å². The molecule has 2 heterocycles. The fourth-order valence-electron chi connectivity index (χ4n) is 2.14. The molecule has 0 aliphatic rings. The molecule has 3 aromatic rings. The number of fused-ring (bicyclic) bond motifs is 1. The van der Waals surface area contributed by atoms with Crippen LogP contribution in [0.25, 0.3) is 10.1 Å². The number of aromatic nitrogens is 1. The predicted molar refractivity (Wildman–Crippen MR) is 81.3 cm³/mol. The molecule has 3 nitrogen and oxygen atoms in total. The van der Waals surface area contributed by atoms with Crippen LogP contribution in [0.4, 0.5) is 5.82 Å². The van der Waals surface area contributed by atoms with Gasteiger partial charge in [-0.25, -0.2) is 4.98 Å². The maximum absolute atomic E-state index is 5.75. The minimum atomic E-state index is 0.563. The molecule has 96 valence electrons. The number of benzene rings is 1. The van der Waals surface area contributed by atoms with Crippen LogP contribution in [0.15, 0.2) is 48.0 Å². The smallest absolute Gasteiger partial charge is 0.134 e. The lowest BCUT2D eigenvalue weighted by Crippen LogP contribution is -2.07. The number of nitrogens with two attached hydrogens (primary N) is 1. The molecule has 0 saturated heterocycles. The van der Waals surface area contributed by atoms with Crippen molar-refractivity contribution in [3.8, 4) is 0 Å². The summed E-state index contributed by atoms with van der Waals surface area (Å²) in [7, 11) is 0. The molecule has 0 spiro atoms. The van der Waals surface area contributed by atoms with E-state index in [0.29, 0.717) is 6.54 Å². The molecule has 3 rings (SSSR count). The Labute approximate surface area is 116 Å². The van der Waals surface area contributed by atoms with Crippen LogP contribution in [0.5, 0.6) is 0 Å². The molecule has 0 unspecified atom stereocenters. The fraction of sp³-hybridized carbons (Fsp3) is 0.133. The normalized spacial score (nSPS) is 10.8. The van der Waals surface area contributed by atoms with E-state index in [1.165, 1.54) is 21.2 Å². The monoisotopic (exact) mass is 269 g/mol. The molecule has 2 aromatic heterocycles. The summed E-state index contributed by atoms with van der Waals surface area (Å²) in [5.74, 6) is 0.936. The quantitative estimate of drug-likeness (QED) is 0.763. The first-order valence-electron chi connectivity index (χ1n) is 6.21. The first-order chi connectivity index (χ1) is 9.38. The molecule has 0 aliphatic carbocycles. The van der Waals surface area contributed by atoms with Crippen LogP contribution in [-0.2, 0) is 13.1 Å². The molecule has 0 radical (unpaired) electrons. The molecule has 0 fully saturated rings. The Balaban J connectivity index is 1.84. The Morgan fingerprint density at radius 3 is 2.79 bits per heavy atom. The Morgan fingerprint density at radius 2 is 1.95 bits per heavy atom. The molecular weight excluding hydrogens is 254 g/mol. The highest BCUT2D eigenvalue weighted by Crippen LogP contribution is 2.26. The van der Waals surface area contributed by atoms with Gasteiger partial charge in [-0.15, -0.1) is 11.3 Å². The van der Waals surface area contributed by atoms with Crippen molar-refractivity contribution in [2.75, 3.05) is 5.32 Å². The van der Waals surface area contributed by atoms with Gasteiger partial charge in [-0.3, -0.25) is 0 Å². The lowest BCUT2D eigenvalue weighted by Gasteiger charge is -2.10. The molecule has 4 heteroatoms. The Bertz CT molecular complexity index is 690. The lowest BCUT2D eigenvalue weighted by atomic mass is 10.1. The number of hydrogen-bond donors (Lipinski definition) is 2. The highest BCUT2D eigenvalue weighted by Gasteiger charge is 2.04. The zero-order valence-electron chi connectivity index (χ0n) is 10.5. The summed E-state index contributed by atoms with van der Waals surface area (Å²) in [4.78, 5) is 4.41. The minimum absolute atomic E-state index is 0.563. The third-order valence-electron chi connectivity index (χ3n) is 3.16. The molecular formula is C15H15N3S. The Morgan fingerprint density at radius 1 is 1.11 bits per heavy atom. The van der Waals surface area contributed by atoms with Crippen molar-refractivity contribution in [1.82, 2.24) is 4.98 Å². The number of thiophene rings is 1. The third kappa shape index (κ3) is 2.45. The van der Waals surface area contributed by atoms with Crippen LogP contribution in [-0.4, -0.2) is 4.98 Å². The number of nitrogens with one attached hydrogen (secondary N) is 1. The largest absolute Gasteiger partial charge is 0.365 e. The molecule has 0 amide bonds. The minimum Gasteiger partial charge on any atom is -0.365 e. The Hall–Kier alpha value is -1.91. The van der Waals surface area contributed by atoms with Gasteiger partial charge in [0.05, 0.1) is 0 Å². The summed E-state index contributed by atoms with van der Waals surface area (Å²) in [5.41, 5.74) is 8.15. The summed E-state index contributed by atoms with van der Waals surface area (Å²) >= 11 is 1.73. The van der Waals surface area contributed by atoms with Gasteiger partial charge < -0.3 is 11.1 Å². The first kappa shape index (κ1) is 12.1. The second kappa shape index (κ2) is 5.38. The van der Waals surface area contributed by atoms with Gasteiger partial charge in [-0.1, -0.05) is 24.3 Å². The van der Waals surface area contributed by atoms with Gasteiger partial charge >= 0.3 is 0 Å². The third-order valence-corrected chi connectivity index (χ3v) is 4.05. The Kier molecular flexibility index (Phi) is 3.44.